The fraction of sp³-hybridized carbons (Fsp3) is 0.222. The zero-order chi connectivity index (χ0) is 9.14. The second-order valence-electron chi connectivity index (χ2n) is 2.50. The van der Waals surface area contributed by atoms with E-state index in [1.807, 2.05) is 19.1 Å². The fourth-order valence-corrected chi connectivity index (χ4v) is 1.77. The lowest BCUT2D eigenvalue weighted by Crippen LogP contribution is -1.84. The summed E-state index contributed by atoms with van der Waals surface area (Å²) < 4.78 is 0. The molecule has 1 aromatic carbocycles. The molecule has 3 heteroatoms. The third kappa shape index (κ3) is 2.54. The molecule has 0 aliphatic carbocycles. The molecule has 0 radical (unpaired) electrons. The Bertz CT molecular complexity index is 309. The van der Waals surface area contributed by atoms with E-state index >= 15 is 0 Å². The van der Waals surface area contributed by atoms with E-state index < -0.39 is 0 Å². The molecular formula is C9H9ClOS. The lowest BCUT2D eigenvalue weighted by atomic mass is 10.2. The molecule has 12 heavy (non-hydrogen) atoms. The summed E-state index contributed by atoms with van der Waals surface area (Å²) in [5.41, 5.74) is 1.04. The summed E-state index contributed by atoms with van der Waals surface area (Å²) in [6.45, 7) is 3.50. The smallest absolute Gasteiger partial charge is 0.190 e. The molecule has 0 aromatic heterocycles. The maximum atomic E-state index is 10.8. The van der Waals surface area contributed by atoms with E-state index in [0.29, 0.717) is 5.02 Å². The maximum absolute atomic E-state index is 10.8. The van der Waals surface area contributed by atoms with Gasteiger partial charge in [-0.25, -0.2) is 0 Å². The predicted octanol–water partition coefficient (Wildman–Crippen LogP) is 3.29. The number of aryl methyl sites for hydroxylation is 1. The highest BCUT2D eigenvalue weighted by Gasteiger charge is 2.02. The van der Waals surface area contributed by atoms with Crippen LogP contribution in [0.15, 0.2) is 23.1 Å². The second-order valence-corrected chi connectivity index (χ2v) is 4.16. The molecule has 0 fully saturated rings. The number of thioether (sulfide) groups is 1. The van der Waals surface area contributed by atoms with Crippen LogP contribution in [0.5, 0.6) is 0 Å². The molecule has 0 aliphatic heterocycles. The number of carbonyl (C=O) groups excluding carboxylic acids is 1. The Morgan fingerprint density at radius 2 is 2.17 bits per heavy atom. The highest BCUT2D eigenvalue weighted by Crippen LogP contribution is 2.25. The Balaban J connectivity index is 2.93. The average molecular weight is 201 g/mol. The molecule has 64 valence electrons. The van der Waals surface area contributed by atoms with Gasteiger partial charge in [0.2, 0.25) is 0 Å². The summed E-state index contributed by atoms with van der Waals surface area (Å²) in [5, 5.41) is 0.806. The fourth-order valence-electron chi connectivity index (χ4n) is 0.882. The van der Waals surface area contributed by atoms with Crippen LogP contribution >= 0.6 is 23.4 Å². The van der Waals surface area contributed by atoms with Crippen LogP contribution < -0.4 is 0 Å². The van der Waals surface area contributed by atoms with Crippen molar-refractivity contribution < 1.29 is 4.79 Å². The highest BCUT2D eigenvalue weighted by atomic mass is 35.5. The van der Waals surface area contributed by atoms with Gasteiger partial charge in [-0.3, -0.25) is 4.79 Å². The number of halogens is 1. The Kier molecular flexibility index (Phi) is 3.18. The van der Waals surface area contributed by atoms with Gasteiger partial charge < -0.3 is 0 Å². The summed E-state index contributed by atoms with van der Waals surface area (Å²) in [5.74, 6) is 0. The van der Waals surface area contributed by atoms with Crippen molar-refractivity contribution in [2.24, 2.45) is 0 Å². The quantitative estimate of drug-likeness (QED) is 0.648. The van der Waals surface area contributed by atoms with Crippen molar-refractivity contribution in [2.75, 3.05) is 0 Å². The van der Waals surface area contributed by atoms with Crippen molar-refractivity contribution in [3.8, 4) is 0 Å². The Labute approximate surface area is 81.1 Å². The van der Waals surface area contributed by atoms with Crippen molar-refractivity contribution in [1.29, 1.82) is 0 Å². The van der Waals surface area contributed by atoms with Gasteiger partial charge in [0.15, 0.2) is 5.12 Å². The highest BCUT2D eigenvalue weighted by molar-refractivity contribution is 8.13. The number of hydrogen-bond acceptors (Lipinski definition) is 2. The zero-order valence-electron chi connectivity index (χ0n) is 6.93. The van der Waals surface area contributed by atoms with Crippen LogP contribution in [0, 0.1) is 6.92 Å². The van der Waals surface area contributed by atoms with E-state index in [1.165, 1.54) is 11.8 Å². The van der Waals surface area contributed by atoms with Crippen LogP contribution in [0.25, 0.3) is 0 Å². The van der Waals surface area contributed by atoms with Gasteiger partial charge in [0.1, 0.15) is 0 Å². The largest absolute Gasteiger partial charge is 0.287 e. The minimum Gasteiger partial charge on any atom is -0.287 e. The number of rotatable bonds is 1. The lowest BCUT2D eigenvalue weighted by Gasteiger charge is -2.01. The van der Waals surface area contributed by atoms with Crippen molar-refractivity contribution in [1.82, 2.24) is 0 Å². The summed E-state index contributed by atoms with van der Waals surface area (Å²) >= 11 is 7.00. The van der Waals surface area contributed by atoms with Crippen LogP contribution in [-0.4, -0.2) is 5.12 Å². The molecule has 0 saturated carbocycles. The molecule has 0 aliphatic rings. The molecule has 0 spiro atoms. The Morgan fingerprint density at radius 1 is 1.50 bits per heavy atom. The monoisotopic (exact) mass is 200 g/mol. The molecule has 0 heterocycles. The molecule has 0 unspecified atom stereocenters. The average Bonchev–Trinajstić information content (AvgIpc) is 1.94. The maximum Gasteiger partial charge on any atom is 0.190 e. The first-order valence-corrected chi connectivity index (χ1v) is 4.73. The summed E-state index contributed by atoms with van der Waals surface area (Å²) in [6.07, 6.45) is 0. The third-order valence-electron chi connectivity index (χ3n) is 1.39. The minimum absolute atomic E-state index is 0.0976. The lowest BCUT2D eigenvalue weighted by molar-refractivity contribution is -0.109. The van der Waals surface area contributed by atoms with E-state index in [0.717, 1.165) is 10.5 Å². The van der Waals surface area contributed by atoms with Crippen LogP contribution in [0.3, 0.4) is 0 Å². The van der Waals surface area contributed by atoms with E-state index in [2.05, 4.69) is 0 Å². The zero-order valence-corrected chi connectivity index (χ0v) is 8.50. The van der Waals surface area contributed by atoms with Crippen molar-refractivity contribution in [3.63, 3.8) is 0 Å². The van der Waals surface area contributed by atoms with Gasteiger partial charge in [0.25, 0.3) is 0 Å². The van der Waals surface area contributed by atoms with E-state index in [9.17, 15) is 4.79 Å². The first kappa shape index (κ1) is 9.62. The van der Waals surface area contributed by atoms with Crippen molar-refractivity contribution in [3.05, 3.63) is 28.8 Å². The van der Waals surface area contributed by atoms with Crippen LogP contribution in [0.4, 0.5) is 0 Å². The first-order chi connectivity index (χ1) is 5.59. The first-order valence-electron chi connectivity index (χ1n) is 3.54. The van der Waals surface area contributed by atoms with E-state index in [1.54, 1.807) is 13.0 Å². The SMILES string of the molecule is CC(=O)Sc1ccc(Cl)cc1C. The molecule has 0 amide bonds. The number of carbonyl (C=O) groups is 1. The molecule has 1 rings (SSSR count). The normalized spacial score (nSPS) is 9.92. The van der Waals surface area contributed by atoms with Crippen molar-refractivity contribution in [2.45, 2.75) is 18.7 Å². The van der Waals surface area contributed by atoms with Gasteiger partial charge in [0.05, 0.1) is 0 Å². The van der Waals surface area contributed by atoms with E-state index in [4.69, 9.17) is 11.6 Å². The van der Waals surface area contributed by atoms with E-state index in [-0.39, 0.29) is 5.12 Å². The van der Waals surface area contributed by atoms with Crippen LogP contribution in [0.2, 0.25) is 5.02 Å². The molecule has 1 aromatic rings. The van der Waals surface area contributed by atoms with Gasteiger partial charge in [-0.05, 0) is 30.7 Å². The van der Waals surface area contributed by atoms with Crippen LogP contribution in [-0.2, 0) is 4.79 Å². The summed E-state index contributed by atoms with van der Waals surface area (Å²) in [7, 11) is 0. The third-order valence-corrected chi connectivity index (χ3v) is 2.59. The minimum atomic E-state index is 0.0976. The van der Waals surface area contributed by atoms with Gasteiger partial charge in [-0.15, -0.1) is 0 Å². The molecule has 0 N–H and O–H groups in total. The van der Waals surface area contributed by atoms with Gasteiger partial charge >= 0.3 is 0 Å². The number of hydrogen-bond donors (Lipinski definition) is 0. The predicted molar refractivity (Wildman–Crippen MR) is 52.7 cm³/mol. The molecule has 0 bridgehead atoms. The van der Waals surface area contributed by atoms with Gasteiger partial charge in [0, 0.05) is 16.8 Å². The topological polar surface area (TPSA) is 17.1 Å². The molecule has 0 saturated heterocycles. The number of benzene rings is 1. The van der Waals surface area contributed by atoms with Crippen molar-refractivity contribution >= 4 is 28.5 Å². The van der Waals surface area contributed by atoms with Gasteiger partial charge in [-0.1, -0.05) is 23.4 Å². The summed E-state index contributed by atoms with van der Waals surface area (Å²) in [4.78, 5) is 11.8. The van der Waals surface area contributed by atoms with Gasteiger partial charge in [-0.2, -0.15) is 0 Å². The summed E-state index contributed by atoms with van der Waals surface area (Å²) in [6, 6.07) is 5.51. The second kappa shape index (κ2) is 3.97. The molecular weight excluding hydrogens is 192 g/mol. The Hall–Kier alpha value is -0.470. The molecule has 0 atom stereocenters. The molecule has 1 nitrogen and oxygen atoms in total. The standard InChI is InChI=1S/C9H9ClOS/c1-6-5-8(10)3-4-9(6)12-7(2)11/h3-5H,1-2H3. The Morgan fingerprint density at radius 3 is 2.67 bits per heavy atom. The van der Waals surface area contributed by atoms with Crippen LogP contribution in [0.1, 0.15) is 12.5 Å².